The van der Waals surface area contributed by atoms with E-state index in [0.717, 1.165) is 10.5 Å². The molecule has 2 amide bonds. The summed E-state index contributed by atoms with van der Waals surface area (Å²) in [5, 5.41) is 12.1. The quantitative estimate of drug-likeness (QED) is 0.735. The maximum Gasteiger partial charge on any atom is 0.268 e. The van der Waals surface area contributed by atoms with Crippen LogP contribution >= 0.6 is 11.6 Å². The predicted octanol–water partition coefficient (Wildman–Crippen LogP) is 3.57. The molecule has 1 N–H and O–H groups in total. The summed E-state index contributed by atoms with van der Waals surface area (Å²) < 4.78 is 27.1. The Balaban J connectivity index is 1.65. The Kier molecular flexibility index (Phi) is 6.86. The summed E-state index contributed by atoms with van der Waals surface area (Å²) in [6.45, 7) is 0.720. The smallest absolute Gasteiger partial charge is 0.268 e. The molecule has 0 bridgehead atoms. The molecule has 2 atom stereocenters. The van der Waals surface area contributed by atoms with Gasteiger partial charge in [-0.05, 0) is 41.7 Å². The minimum absolute atomic E-state index is 0.0814. The lowest BCUT2D eigenvalue weighted by Gasteiger charge is -2.19. The van der Waals surface area contributed by atoms with Crippen LogP contribution in [0.2, 0.25) is 5.02 Å². The standard InChI is InChI=1S/C22H21ClF2N4O2/c1-14(15-2-4-17(23)5-3-15)8-16-11-27-7-6-19(16)21(31)28-12-20(30)29-13-22(24,25)9-18(29)10-26/h2-7,11,14,18H,8-9,12-13H2,1H3,(H,28,31)/t14?,18-/m0/s1. The molecule has 1 unspecified atom stereocenters. The first kappa shape index (κ1) is 22.6. The molecule has 0 aliphatic carbocycles. The van der Waals surface area contributed by atoms with E-state index in [4.69, 9.17) is 16.9 Å². The molecule has 0 saturated carbocycles. The molecule has 1 aromatic heterocycles. The third kappa shape index (κ3) is 5.56. The van der Waals surface area contributed by atoms with Crippen molar-refractivity contribution in [1.29, 1.82) is 5.26 Å². The Morgan fingerprint density at radius 2 is 2.06 bits per heavy atom. The number of carbonyl (C=O) groups is 2. The third-order valence-corrected chi connectivity index (χ3v) is 5.50. The van der Waals surface area contributed by atoms with Gasteiger partial charge in [-0.1, -0.05) is 30.7 Å². The van der Waals surface area contributed by atoms with Crippen LogP contribution in [0, 0.1) is 11.3 Å². The number of pyridine rings is 1. The number of alkyl halides is 2. The van der Waals surface area contributed by atoms with E-state index in [-0.39, 0.29) is 5.92 Å². The summed E-state index contributed by atoms with van der Waals surface area (Å²) in [4.78, 5) is 29.9. The Morgan fingerprint density at radius 1 is 1.35 bits per heavy atom. The molecule has 1 aromatic carbocycles. The molecule has 31 heavy (non-hydrogen) atoms. The molecule has 9 heteroatoms. The monoisotopic (exact) mass is 446 g/mol. The number of hydrogen-bond acceptors (Lipinski definition) is 4. The fourth-order valence-electron chi connectivity index (χ4n) is 3.60. The molecule has 2 heterocycles. The van der Waals surface area contributed by atoms with Crippen molar-refractivity contribution in [2.75, 3.05) is 13.1 Å². The van der Waals surface area contributed by atoms with Gasteiger partial charge < -0.3 is 10.2 Å². The molecule has 1 saturated heterocycles. The van der Waals surface area contributed by atoms with Crippen molar-refractivity contribution in [2.24, 2.45) is 0 Å². The van der Waals surface area contributed by atoms with Gasteiger partial charge in [-0.2, -0.15) is 5.26 Å². The van der Waals surface area contributed by atoms with Gasteiger partial charge in [0.15, 0.2) is 0 Å². The zero-order valence-corrected chi connectivity index (χ0v) is 17.6. The maximum atomic E-state index is 13.5. The number of hydrogen-bond donors (Lipinski definition) is 1. The Morgan fingerprint density at radius 3 is 2.74 bits per heavy atom. The SMILES string of the molecule is CC(Cc1cnccc1C(=O)NCC(=O)N1CC(F)(F)C[C@H]1C#N)c1ccc(Cl)cc1. The Labute approximate surface area is 183 Å². The molecular weight excluding hydrogens is 426 g/mol. The summed E-state index contributed by atoms with van der Waals surface area (Å²) in [5.41, 5.74) is 2.09. The molecule has 0 spiro atoms. The topological polar surface area (TPSA) is 86.1 Å². The Hall–Kier alpha value is -3.05. The van der Waals surface area contributed by atoms with Crippen LogP contribution in [0.25, 0.3) is 0 Å². The van der Waals surface area contributed by atoms with E-state index < -0.39 is 43.3 Å². The van der Waals surface area contributed by atoms with Crippen molar-refractivity contribution in [3.8, 4) is 6.07 Å². The highest BCUT2D eigenvalue weighted by Crippen LogP contribution is 2.31. The molecule has 162 valence electrons. The normalized spacial score (nSPS) is 18.3. The van der Waals surface area contributed by atoms with Gasteiger partial charge in [0.25, 0.3) is 11.8 Å². The van der Waals surface area contributed by atoms with Crippen molar-refractivity contribution in [3.63, 3.8) is 0 Å². The maximum absolute atomic E-state index is 13.5. The van der Waals surface area contributed by atoms with Crippen LogP contribution in [0.4, 0.5) is 8.78 Å². The molecule has 0 radical (unpaired) electrons. The van der Waals surface area contributed by atoms with Gasteiger partial charge in [-0.25, -0.2) is 8.78 Å². The van der Waals surface area contributed by atoms with Crippen molar-refractivity contribution in [1.82, 2.24) is 15.2 Å². The highest BCUT2D eigenvalue weighted by Gasteiger charge is 2.47. The molecule has 6 nitrogen and oxygen atoms in total. The molecule has 1 aliphatic rings. The van der Waals surface area contributed by atoms with Crippen molar-refractivity contribution in [3.05, 3.63) is 64.4 Å². The summed E-state index contributed by atoms with van der Waals surface area (Å²) in [7, 11) is 0. The van der Waals surface area contributed by atoms with E-state index in [2.05, 4.69) is 10.3 Å². The number of nitrogens with zero attached hydrogens (tertiary/aromatic N) is 3. The minimum Gasteiger partial charge on any atom is -0.343 e. The van der Waals surface area contributed by atoms with Gasteiger partial charge in [-0.3, -0.25) is 14.6 Å². The molecule has 1 aliphatic heterocycles. The summed E-state index contributed by atoms with van der Waals surface area (Å²) >= 11 is 5.93. The number of nitriles is 1. The van der Waals surface area contributed by atoms with E-state index in [0.29, 0.717) is 22.6 Å². The van der Waals surface area contributed by atoms with Crippen LogP contribution in [0.5, 0.6) is 0 Å². The van der Waals surface area contributed by atoms with Gasteiger partial charge in [0.1, 0.15) is 6.04 Å². The number of nitrogens with one attached hydrogen (secondary N) is 1. The van der Waals surface area contributed by atoms with E-state index in [9.17, 15) is 18.4 Å². The van der Waals surface area contributed by atoms with Crippen LogP contribution in [-0.4, -0.2) is 46.8 Å². The second kappa shape index (κ2) is 9.40. The first-order chi connectivity index (χ1) is 14.7. The summed E-state index contributed by atoms with van der Waals surface area (Å²) in [5.74, 6) is -4.25. The first-order valence-electron chi connectivity index (χ1n) is 9.73. The predicted molar refractivity (Wildman–Crippen MR) is 111 cm³/mol. The van der Waals surface area contributed by atoms with E-state index in [1.165, 1.54) is 6.20 Å². The summed E-state index contributed by atoms with van der Waals surface area (Å²) in [6, 6.07) is 9.49. The number of amides is 2. The van der Waals surface area contributed by atoms with Gasteiger partial charge in [0.05, 0.1) is 19.2 Å². The number of carbonyl (C=O) groups excluding carboxylic acids is 2. The molecule has 3 rings (SSSR count). The van der Waals surface area contributed by atoms with E-state index in [1.807, 2.05) is 19.1 Å². The van der Waals surface area contributed by atoms with Crippen molar-refractivity contribution in [2.45, 2.75) is 37.6 Å². The van der Waals surface area contributed by atoms with Gasteiger partial charge >= 0.3 is 0 Å². The number of benzene rings is 1. The Bertz CT molecular complexity index is 1010. The van der Waals surface area contributed by atoms with Gasteiger partial charge in [-0.15, -0.1) is 0 Å². The van der Waals surface area contributed by atoms with Gasteiger partial charge in [0.2, 0.25) is 5.91 Å². The average Bonchev–Trinajstić information content (AvgIpc) is 3.07. The lowest BCUT2D eigenvalue weighted by atomic mass is 9.92. The lowest BCUT2D eigenvalue weighted by molar-refractivity contribution is -0.131. The second-order valence-electron chi connectivity index (χ2n) is 7.60. The lowest BCUT2D eigenvalue weighted by Crippen LogP contribution is -2.43. The molecular formula is C22H21ClF2N4O2. The van der Waals surface area contributed by atoms with Crippen LogP contribution in [0.15, 0.2) is 42.7 Å². The number of likely N-dealkylation sites (tertiary alicyclic amines) is 1. The highest BCUT2D eigenvalue weighted by molar-refractivity contribution is 6.30. The van der Waals surface area contributed by atoms with Crippen LogP contribution < -0.4 is 5.32 Å². The number of rotatable bonds is 6. The van der Waals surface area contributed by atoms with Crippen molar-refractivity contribution < 1.29 is 18.4 Å². The largest absolute Gasteiger partial charge is 0.343 e. The zero-order valence-electron chi connectivity index (χ0n) is 16.8. The molecule has 2 aromatic rings. The minimum atomic E-state index is -3.10. The first-order valence-corrected chi connectivity index (χ1v) is 10.1. The second-order valence-corrected chi connectivity index (χ2v) is 8.04. The van der Waals surface area contributed by atoms with E-state index >= 15 is 0 Å². The van der Waals surface area contributed by atoms with E-state index in [1.54, 1.807) is 30.5 Å². The average molecular weight is 447 g/mol. The van der Waals surface area contributed by atoms with Gasteiger partial charge in [0, 0.05) is 29.4 Å². The number of aromatic nitrogens is 1. The molecule has 1 fully saturated rings. The third-order valence-electron chi connectivity index (χ3n) is 5.25. The van der Waals surface area contributed by atoms with Crippen LogP contribution in [0.1, 0.15) is 40.7 Å². The fraction of sp³-hybridized carbons (Fsp3) is 0.364. The fourth-order valence-corrected chi connectivity index (χ4v) is 3.72. The van der Waals surface area contributed by atoms with Crippen LogP contribution in [-0.2, 0) is 11.2 Å². The zero-order chi connectivity index (χ0) is 22.6. The summed E-state index contributed by atoms with van der Waals surface area (Å²) in [6.07, 6.45) is 2.90. The highest BCUT2D eigenvalue weighted by atomic mass is 35.5. The van der Waals surface area contributed by atoms with Crippen LogP contribution in [0.3, 0.4) is 0 Å². The number of halogens is 3. The van der Waals surface area contributed by atoms with Crippen molar-refractivity contribution >= 4 is 23.4 Å².